The van der Waals surface area contributed by atoms with Gasteiger partial charge in [-0.2, -0.15) is 0 Å². The number of imide groups is 1. The maximum atomic E-state index is 12.7. The summed E-state index contributed by atoms with van der Waals surface area (Å²) in [6.45, 7) is 0.516. The Bertz CT molecular complexity index is 743. The highest BCUT2D eigenvalue weighted by Gasteiger charge is 2.36. The van der Waals surface area contributed by atoms with Crippen molar-refractivity contribution < 1.29 is 19.1 Å². The van der Waals surface area contributed by atoms with E-state index >= 15 is 0 Å². The van der Waals surface area contributed by atoms with Gasteiger partial charge in [0.1, 0.15) is 0 Å². The van der Waals surface area contributed by atoms with Crippen LogP contribution >= 0.6 is 23.4 Å². The first-order valence-corrected chi connectivity index (χ1v) is 9.89. The number of benzene rings is 1. The SMILES string of the molecule is COc1cc(Cl)c(/C=C2/SC(=O)N(CC3CCCCC3)C2=O)cc1OC. The van der Waals surface area contributed by atoms with Gasteiger partial charge in [0.2, 0.25) is 0 Å². The van der Waals surface area contributed by atoms with E-state index in [1.807, 2.05) is 0 Å². The number of carbonyl (C=O) groups is 2. The number of hydrogen-bond donors (Lipinski definition) is 0. The van der Waals surface area contributed by atoms with Gasteiger partial charge in [0.05, 0.1) is 24.1 Å². The van der Waals surface area contributed by atoms with E-state index in [0.29, 0.717) is 39.5 Å². The molecule has 5 nitrogen and oxygen atoms in total. The molecule has 2 amide bonds. The van der Waals surface area contributed by atoms with Gasteiger partial charge in [0, 0.05) is 12.6 Å². The van der Waals surface area contributed by atoms with Crippen LogP contribution in [0.3, 0.4) is 0 Å². The van der Waals surface area contributed by atoms with Crippen molar-refractivity contribution in [3.8, 4) is 11.5 Å². The second-order valence-corrected chi connectivity index (χ2v) is 7.93. The van der Waals surface area contributed by atoms with E-state index in [0.717, 1.165) is 24.6 Å². The Labute approximate surface area is 162 Å². The lowest BCUT2D eigenvalue weighted by molar-refractivity contribution is -0.123. The summed E-state index contributed by atoms with van der Waals surface area (Å²) >= 11 is 7.26. The molecule has 1 aromatic carbocycles. The minimum atomic E-state index is -0.239. The summed E-state index contributed by atoms with van der Waals surface area (Å²) in [5.74, 6) is 1.21. The largest absolute Gasteiger partial charge is 0.493 e. The van der Waals surface area contributed by atoms with Gasteiger partial charge in [-0.15, -0.1) is 0 Å². The maximum absolute atomic E-state index is 12.7. The van der Waals surface area contributed by atoms with Crippen LogP contribution in [0.15, 0.2) is 17.0 Å². The Balaban J connectivity index is 1.81. The lowest BCUT2D eigenvalue weighted by Crippen LogP contribution is -2.34. The van der Waals surface area contributed by atoms with Crippen molar-refractivity contribution in [1.82, 2.24) is 4.90 Å². The van der Waals surface area contributed by atoms with E-state index in [4.69, 9.17) is 21.1 Å². The number of amides is 2. The topological polar surface area (TPSA) is 55.8 Å². The first-order valence-electron chi connectivity index (χ1n) is 8.70. The molecule has 1 saturated carbocycles. The van der Waals surface area contributed by atoms with Crippen molar-refractivity contribution in [2.45, 2.75) is 32.1 Å². The lowest BCUT2D eigenvalue weighted by Gasteiger charge is -2.25. The molecule has 26 heavy (non-hydrogen) atoms. The Kier molecular flexibility index (Phi) is 6.14. The molecule has 1 heterocycles. The number of halogens is 1. The average Bonchev–Trinajstić information content (AvgIpc) is 2.91. The summed E-state index contributed by atoms with van der Waals surface area (Å²) < 4.78 is 10.5. The van der Waals surface area contributed by atoms with Gasteiger partial charge in [-0.3, -0.25) is 14.5 Å². The van der Waals surface area contributed by atoms with Crippen molar-refractivity contribution in [1.29, 1.82) is 0 Å². The van der Waals surface area contributed by atoms with Crippen LogP contribution in [0.4, 0.5) is 4.79 Å². The second kappa shape index (κ2) is 8.35. The molecule has 3 rings (SSSR count). The molecular formula is C19H22ClNO4S. The van der Waals surface area contributed by atoms with Crippen molar-refractivity contribution >= 4 is 40.6 Å². The molecule has 0 aromatic heterocycles. The number of nitrogens with zero attached hydrogens (tertiary/aromatic N) is 1. The molecular weight excluding hydrogens is 374 g/mol. The quantitative estimate of drug-likeness (QED) is 0.658. The van der Waals surface area contributed by atoms with Crippen LogP contribution in [0, 0.1) is 5.92 Å². The molecule has 1 aliphatic heterocycles. The number of ether oxygens (including phenoxy) is 2. The monoisotopic (exact) mass is 395 g/mol. The van der Waals surface area contributed by atoms with Gasteiger partial charge >= 0.3 is 0 Å². The normalized spacial score (nSPS) is 20.1. The third kappa shape index (κ3) is 4.01. The van der Waals surface area contributed by atoms with E-state index in [1.165, 1.54) is 38.4 Å². The van der Waals surface area contributed by atoms with Crippen LogP contribution in [-0.4, -0.2) is 36.8 Å². The zero-order valence-electron chi connectivity index (χ0n) is 14.9. The number of hydrogen-bond acceptors (Lipinski definition) is 5. The van der Waals surface area contributed by atoms with Crippen LogP contribution in [0.1, 0.15) is 37.7 Å². The summed E-state index contributed by atoms with van der Waals surface area (Å²) in [5, 5.41) is 0.227. The minimum absolute atomic E-state index is 0.205. The predicted molar refractivity (Wildman–Crippen MR) is 104 cm³/mol. The molecule has 2 fully saturated rings. The summed E-state index contributed by atoms with van der Waals surface area (Å²) in [6.07, 6.45) is 7.42. The van der Waals surface area contributed by atoms with Crippen molar-refractivity contribution in [2.75, 3.05) is 20.8 Å². The van der Waals surface area contributed by atoms with Gasteiger partial charge in [-0.1, -0.05) is 30.9 Å². The number of rotatable bonds is 5. The smallest absolute Gasteiger partial charge is 0.293 e. The van der Waals surface area contributed by atoms with Gasteiger partial charge in [-0.05, 0) is 48.2 Å². The molecule has 0 atom stereocenters. The molecule has 140 valence electrons. The van der Waals surface area contributed by atoms with Crippen molar-refractivity contribution in [3.63, 3.8) is 0 Å². The molecule has 0 N–H and O–H groups in total. The molecule has 0 radical (unpaired) electrons. The van der Waals surface area contributed by atoms with Crippen LogP contribution in [0.25, 0.3) is 6.08 Å². The molecule has 0 unspecified atom stereocenters. The van der Waals surface area contributed by atoms with Gasteiger partial charge in [0.25, 0.3) is 11.1 Å². The number of methoxy groups -OCH3 is 2. The number of thioether (sulfide) groups is 1. The predicted octanol–water partition coefficient (Wildman–Crippen LogP) is 4.97. The first kappa shape index (κ1) is 19.1. The summed E-state index contributed by atoms with van der Waals surface area (Å²) in [7, 11) is 3.07. The van der Waals surface area contributed by atoms with E-state index in [-0.39, 0.29) is 11.1 Å². The van der Waals surface area contributed by atoms with Gasteiger partial charge < -0.3 is 9.47 Å². The van der Waals surface area contributed by atoms with Gasteiger partial charge in [-0.25, -0.2) is 0 Å². The summed E-state index contributed by atoms with van der Waals surface area (Å²) in [6, 6.07) is 3.34. The molecule has 1 saturated heterocycles. The third-order valence-electron chi connectivity index (χ3n) is 4.83. The molecule has 0 spiro atoms. The van der Waals surface area contributed by atoms with Crippen LogP contribution in [-0.2, 0) is 4.79 Å². The highest BCUT2D eigenvalue weighted by molar-refractivity contribution is 8.18. The highest BCUT2D eigenvalue weighted by Crippen LogP contribution is 2.38. The zero-order valence-corrected chi connectivity index (χ0v) is 16.5. The van der Waals surface area contributed by atoms with E-state index in [1.54, 1.807) is 18.2 Å². The summed E-state index contributed by atoms with van der Waals surface area (Å²) in [4.78, 5) is 26.8. The average molecular weight is 396 g/mol. The van der Waals surface area contributed by atoms with Crippen LogP contribution in [0.2, 0.25) is 5.02 Å². The van der Waals surface area contributed by atoms with E-state index < -0.39 is 0 Å². The first-order chi connectivity index (χ1) is 12.5. The maximum Gasteiger partial charge on any atom is 0.293 e. The van der Waals surface area contributed by atoms with Crippen LogP contribution in [0.5, 0.6) is 11.5 Å². The third-order valence-corrected chi connectivity index (χ3v) is 6.06. The van der Waals surface area contributed by atoms with Crippen molar-refractivity contribution in [3.05, 3.63) is 27.6 Å². The molecule has 7 heteroatoms. The second-order valence-electron chi connectivity index (χ2n) is 6.53. The Morgan fingerprint density at radius 2 is 1.81 bits per heavy atom. The molecule has 0 bridgehead atoms. The highest BCUT2D eigenvalue weighted by atomic mass is 35.5. The standard InChI is InChI=1S/C19H22ClNO4S/c1-24-15-8-13(14(20)10-16(15)25-2)9-17-18(22)21(19(23)26-17)11-12-6-4-3-5-7-12/h8-10,12H,3-7,11H2,1-2H3/b17-9+. The molecule has 1 aromatic rings. The molecule has 2 aliphatic rings. The Hall–Kier alpha value is -1.66. The zero-order chi connectivity index (χ0) is 18.7. The van der Waals surface area contributed by atoms with Gasteiger partial charge in [0.15, 0.2) is 11.5 Å². The Morgan fingerprint density at radius 3 is 2.46 bits per heavy atom. The van der Waals surface area contributed by atoms with Crippen molar-refractivity contribution in [2.24, 2.45) is 5.92 Å². The minimum Gasteiger partial charge on any atom is -0.493 e. The fourth-order valence-corrected chi connectivity index (χ4v) is 4.45. The molecule has 1 aliphatic carbocycles. The lowest BCUT2D eigenvalue weighted by atomic mass is 9.89. The summed E-state index contributed by atoms with van der Waals surface area (Å²) in [5.41, 5.74) is 0.618. The van der Waals surface area contributed by atoms with E-state index in [2.05, 4.69) is 0 Å². The van der Waals surface area contributed by atoms with Crippen LogP contribution < -0.4 is 9.47 Å². The fraction of sp³-hybridized carbons (Fsp3) is 0.474. The Morgan fingerprint density at radius 1 is 1.15 bits per heavy atom. The fourth-order valence-electron chi connectivity index (χ4n) is 3.41. The number of carbonyl (C=O) groups excluding carboxylic acids is 2. The van der Waals surface area contributed by atoms with E-state index in [9.17, 15) is 9.59 Å².